The van der Waals surface area contributed by atoms with E-state index in [9.17, 15) is 9.00 Å². The Morgan fingerprint density at radius 2 is 1.82 bits per heavy atom. The molecule has 0 saturated heterocycles. The predicted molar refractivity (Wildman–Crippen MR) is 134 cm³/mol. The van der Waals surface area contributed by atoms with E-state index < -0.39 is 10.8 Å². The van der Waals surface area contributed by atoms with Crippen LogP contribution in [0.15, 0.2) is 61.1 Å². The molecule has 0 aliphatic carbocycles. The van der Waals surface area contributed by atoms with Gasteiger partial charge in [0.1, 0.15) is 11.6 Å². The van der Waals surface area contributed by atoms with Crippen molar-refractivity contribution < 1.29 is 9.00 Å². The van der Waals surface area contributed by atoms with Gasteiger partial charge >= 0.3 is 0 Å². The quantitative estimate of drug-likeness (QED) is 0.379. The maximum Gasteiger partial charge on any atom is 0.232 e. The second kappa shape index (κ2) is 10.6. The van der Waals surface area contributed by atoms with Gasteiger partial charge in [0.2, 0.25) is 5.91 Å². The minimum atomic E-state index is -1.37. The summed E-state index contributed by atoms with van der Waals surface area (Å²) >= 11 is 0. The Bertz CT molecular complexity index is 1270. The SMILES string of the molecule is CCn1nc(C)c(CCNC(=O)CS(=O)Cc2cnn(-c3ccccc3)c2-n2cccc2)c1C. The van der Waals surface area contributed by atoms with Crippen LogP contribution in [0.2, 0.25) is 0 Å². The minimum absolute atomic E-state index is 0.0478. The topological polar surface area (TPSA) is 86.7 Å². The largest absolute Gasteiger partial charge is 0.355 e. The number of hydrogen-bond donors (Lipinski definition) is 1. The highest BCUT2D eigenvalue weighted by Crippen LogP contribution is 2.21. The van der Waals surface area contributed by atoms with Crippen LogP contribution in [0.25, 0.3) is 11.5 Å². The third-order valence-electron chi connectivity index (χ3n) is 5.80. The smallest absolute Gasteiger partial charge is 0.232 e. The van der Waals surface area contributed by atoms with Gasteiger partial charge in [0.15, 0.2) is 0 Å². The van der Waals surface area contributed by atoms with Crippen LogP contribution in [0.4, 0.5) is 0 Å². The van der Waals surface area contributed by atoms with E-state index in [0.29, 0.717) is 13.0 Å². The summed E-state index contributed by atoms with van der Waals surface area (Å²) in [7, 11) is -1.37. The molecule has 3 aromatic heterocycles. The molecule has 0 spiro atoms. The second-order valence-corrected chi connectivity index (χ2v) is 9.58. The molecule has 1 unspecified atom stereocenters. The van der Waals surface area contributed by atoms with E-state index in [1.54, 1.807) is 6.20 Å². The van der Waals surface area contributed by atoms with E-state index in [4.69, 9.17) is 0 Å². The van der Waals surface area contributed by atoms with Crippen LogP contribution < -0.4 is 5.32 Å². The Hall–Kier alpha value is -3.46. The van der Waals surface area contributed by atoms with Crippen LogP contribution in [-0.4, -0.2) is 46.5 Å². The molecule has 0 radical (unpaired) electrons. The molecule has 1 N–H and O–H groups in total. The molecule has 34 heavy (non-hydrogen) atoms. The first-order valence-electron chi connectivity index (χ1n) is 11.4. The van der Waals surface area contributed by atoms with Crippen molar-refractivity contribution >= 4 is 16.7 Å². The summed E-state index contributed by atoms with van der Waals surface area (Å²) in [6.07, 6.45) is 6.30. The van der Waals surface area contributed by atoms with E-state index >= 15 is 0 Å². The molecule has 0 aliphatic rings. The first-order chi connectivity index (χ1) is 16.5. The van der Waals surface area contributed by atoms with Crippen molar-refractivity contribution in [3.8, 4) is 11.5 Å². The lowest BCUT2D eigenvalue weighted by Crippen LogP contribution is -2.30. The maximum absolute atomic E-state index is 12.9. The lowest BCUT2D eigenvalue weighted by molar-refractivity contribution is -0.118. The zero-order valence-electron chi connectivity index (χ0n) is 19.8. The molecule has 0 bridgehead atoms. The number of nitrogens with one attached hydrogen (secondary N) is 1. The van der Waals surface area contributed by atoms with Crippen LogP contribution in [-0.2, 0) is 34.3 Å². The number of hydrogen-bond acceptors (Lipinski definition) is 4. The van der Waals surface area contributed by atoms with E-state index in [-0.39, 0.29) is 17.4 Å². The van der Waals surface area contributed by atoms with Crippen LogP contribution in [0.3, 0.4) is 0 Å². The molecule has 1 atom stereocenters. The Morgan fingerprint density at radius 1 is 1.09 bits per heavy atom. The molecule has 4 rings (SSSR count). The number of aryl methyl sites for hydroxylation is 2. The Labute approximate surface area is 202 Å². The molecule has 178 valence electrons. The molecule has 9 heteroatoms. The molecule has 0 fully saturated rings. The van der Waals surface area contributed by atoms with E-state index in [1.165, 1.54) is 0 Å². The number of rotatable bonds is 10. The Balaban J connectivity index is 1.39. The average molecular weight is 479 g/mol. The molecule has 4 aromatic rings. The number of para-hydroxylation sites is 1. The van der Waals surface area contributed by atoms with Crippen LogP contribution in [0.1, 0.15) is 29.4 Å². The fourth-order valence-corrected chi connectivity index (χ4v) is 5.19. The summed E-state index contributed by atoms with van der Waals surface area (Å²) in [6.45, 7) is 7.42. The Morgan fingerprint density at radius 3 is 2.50 bits per heavy atom. The number of benzene rings is 1. The standard InChI is InChI=1S/C25H30N6O2S/c1-4-30-20(3)23(19(2)28-30)12-13-26-24(32)18-34(33)17-21-16-27-31(22-10-6-5-7-11-22)25(21)29-14-8-9-15-29/h5-11,14-16H,4,12-13,17-18H2,1-3H3,(H,26,32). The highest BCUT2D eigenvalue weighted by molar-refractivity contribution is 7.84. The van der Waals surface area contributed by atoms with Gasteiger partial charge < -0.3 is 9.88 Å². The normalized spacial score (nSPS) is 12.1. The molecule has 0 saturated carbocycles. The van der Waals surface area contributed by atoms with Gasteiger partial charge in [-0.3, -0.25) is 13.7 Å². The number of aromatic nitrogens is 5. The summed E-state index contributed by atoms with van der Waals surface area (Å²) in [6, 6.07) is 13.7. The van der Waals surface area contributed by atoms with E-state index in [2.05, 4.69) is 22.4 Å². The molecule has 8 nitrogen and oxygen atoms in total. The summed E-state index contributed by atoms with van der Waals surface area (Å²) in [5, 5.41) is 12.0. The molecular formula is C25H30N6O2S. The predicted octanol–water partition coefficient (Wildman–Crippen LogP) is 3.10. The average Bonchev–Trinajstić information content (AvgIpc) is 3.55. The second-order valence-electron chi connectivity index (χ2n) is 8.12. The van der Waals surface area contributed by atoms with Gasteiger partial charge in [-0.1, -0.05) is 18.2 Å². The lowest BCUT2D eigenvalue weighted by atomic mass is 10.1. The maximum atomic E-state index is 12.9. The summed E-state index contributed by atoms with van der Waals surface area (Å²) < 4.78 is 18.6. The number of carbonyl (C=O) groups excluding carboxylic acids is 1. The fourth-order valence-electron chi connectivity index (χ4n) is 4.14. The van der Waals surface area contributed by atoms with Crippen molar-refractivity contribution in [1.29, 1.82) is 0 Å². The first kappa shape index (κ1) is 23.7. The highest BCUT2D eigenvalue weighted by Gasteiger charge is 2.18. The van der Waals surface area contributed by atoms with Gasteiger partial charge in [-0.25, -0.2) is 4.68 Å². The fraction of sp³-hybridized carbons (Fsp3) is 0.320. The zero-order valence-corrected chi connectivity index (χ0v) is 20.6. The zero-order chi connectivity index (χ0) is 24.1. The van der Waals surface area contributed by atoms with Gasteiger partial charge in [-0.15, -0.1) is 0 Å². The van der Waals surface area contributed by atoms with Gasteiger partial charge in [0.05, 0.1) is 23.3 Å². The Kier molecular flexibility index (Phi) is 7.42. The summed E-state index contributed by atoms with van der Waals surface area (Å²) in [5.74, 6) is 0.807. The molecule has 1 aromatic carbocycles. The number of carbonyl (C=O) groups is 1. The van der Waals surface area contributed by atoms with Crippen molar-refractivity contribution in [2.45, 2.75) is 39.5 Å². The van der Waals surface area contributed by atoms with Gasteiger partial charge in [0.25, 0.3) is 0 Å². The van der Waals surface area contributed by atoms with Gasteiger partial charge in [-0.05, 0) is 57.0 Å². The van der Waals surface area contributed by atoms with Crippen LogP contribution in [0.5, 0.6) is 0 Å². The summed E-state index contributed by atoms with van der Waals surface area (Å²) in [4.78, 5) is 12.5. The molecule has 0 aliphatic heterocycles. The lowest BCUT2D eigenvalue weighted by Gasteiger charge is -2.11. The summed E-state index contributed by atoms with van der Waals surface area (Å²) in [5.41, 5.74) is 5.02. The molecule has 3 heterocycles. The highest BCUT2D eigenvalue weighted by atomic mass is 32.2. The van der Waals surface area contributed by atoms with Crippen molar-refractivity contribution in [3.05, 3.63) is 83.6 Å². The van der Waals surface area contributed by atoms with Crippen molar-refractivity contribution in [3.63, 3.8) is 0 Å². The monoisotopic (exact) mass is 478 g/mol. The third-order valence-corrected chi connectivity index (χ3v) is 7.02. The van der Waals surface area contributed by atoms with Crippen LogP contribution in [0, 0.1) is 13.8 Å². The van der Waals surface area contributed by atoms with Crippen molar-refractivity contribution in [2.24, 2.45) is 0 Å². The molecule has 1 amide bonds. The number of amides is 1. The molecular weight excluding hydrogens is 448 g/mol. The van der Waals surface area contributed by atoms with E-state index in [1.807, 2.05) is 82.6 Å². The van der Waals surface area contributed by atoms with Crippen molar-refractivity contribution in [1.82, 2.24) is 29.4 Å². The van der Waals surface area contributed by atoms with Crippen LogP contribution >= 0.6 is 0 Å². The van der Waals surface area contributed by atoms with E-state index in [0.717, 1.165) is 40.6 Å². The third kappa shape index (κ3) is 5.20. The minimum Gasteiger partial charge on any atom is -0.355 e. The van der Waals surface area contributed by atoms with Gasteiger partial charge in [-0.2, -0.15) is 10.2 Å². The van der Waals surface area contributed by atoms with Gasteiger partial charge in [0, 0.05) is 47.5 Å². The van der Waals surface area contributed by atoms with Crippen molar-refractivity contribution in [2.75, 3.05) is 12.3 Å². The number of nitrogens with zero attached hydrogens (tertiary/aromatic N) is 5. The first-order valence-corrected chi connectivity index (χ1v) is 12.9.